The Bertz CT molecular complexity index is 467. The third-order valence-corrected chi connectivity index (χ3v) is 5.47. The zero-order valence-corrected chi connectivity index (χ0v) is 14.1. The van der Waals surface area contributed by atoms with Gasteiger partial charge in [-0.25, -0.2) is 4.98 Å². The van der Waals surface area contributed by atoms with Crippen molar-refractivity contribution >= 4 is 17.2 Å². The first-order chi connectivity index (χ1) is 10.1. The standard InChI is InChI=1S/C16H26N2O2S/c1-4-20-10-9-16(7-5-6-8-16)15(19)18-13(3)14-17-12(2)11-21-14/h11,13H,4-10H2,1-3H3,(H,18,19)/t13-/m0/s1. The molecule has 0 spiro atoms. The summed E-state index contributed by atoms with van der Waals surface area (Å²) in [6.45, 7) is 7.38. The second kappa shape index (κ2) is 7.36. The number of carbonyl (C=O) groups excluding carboxylic acids is 1. The molecule has 1 aromatic heterocycles. The molecule has 0 saturated heterocycles. The first kappa shape index (κ1) is 16.4. The van der Waals surface area contributed by atoms with E-state index >= 15 is 0 Å². The Morgan fingerprint density at radius 3 is 2.81 bits per heavy atom. The zero-order valence-electron chi connectivity index (χ0n) is 13.3. The van der Waals surface area contributed by atoms with E-state index in [-0.39, 0.29) is 17.4 Å². The highest BCUT2D eigenvalue weighted by atomic mass is 32.1. The van der Waals surface area contributed by atoms with Crippen LogP contribution in [0.4, 0.5) is 0 Å². The molecule has 1 aliphatic carbocycles. The molecule has 2 rings (SSSR count). The molecule has 1 saturated carbocycles. The highest BCUT2D eigenvalue weighted by Crippen LogP contribution is 2.41. The maximum Gasteiger partial charge on any atom is 0.226 e. The summed E-state index contributed by atoms with van der Waals surface area (Å²) < 4.78 is 5.47. The molecule has 1 atom stereocenters. The highest BCUT2D eigenvalue weighted by molar-refractivity contribution is 7.09. The van der Waals surface area contributed by atoms with Crippen molar-refractivity contribution in [3.8, 4) is 0 Å². The van der Waals surface area contributed by atoms with E-state index in [4.69, 9.17) is 4.74 Å². The van der Waals surface area contributed by atoms with Crippen LogP contribution in [0.2, 0.25) is 0 Å². The van der Waals surface area contributed by atoms with E-state index in [9.17, 15) is 4.79 Å². The van der Waals surface area contributed by atoms with Gasteiger partial charge < -0.3 is 10.1 Å². The van der Waals surface area contributed by atoms with Crippen molar-refractivity contribution in [2.24, 2.45) is 5.41 Å². The van der Waals surface area contributed by atoms with Gasteiger partial charge in [0.2, 0.25) is 5.91 Å². The second-order valence-corrected chi connectivity index (χ2v) is 6.85. The predicted octanol–water partition coefficient (Wildman–Crippen LogP) is 3.62. The van der Waals surface area contributed by atoms with Gasteiger partial charge in [-0.1, -0.05) is 12.8 Å². The van der Waals surface area contributed by atoms with Gasteiger partial charge in [-0.05, 0) is 40.0 Å². The number of aromatic nitrogens is 1. The molecule has 0 radical (unpaired) electrons. The molecule has 21 heavy (non-hydrogen) atoms. The summed E-state index contributed by atoms with van der Waals surface area (Å²) in [5, 5.41) is 6.18. The number of aryl methyl sites for hydroxylation is 1. The lowest BCUT2D eigenvalue weighted by Crippen LogP contribution is -2.41. The van der Waals surface area contributed by atoms with Gasteiger partial charge in [0.1, 0.15) is 5.01 Å². The lowest BCUT2D eigenvalue weighted by Gasteiger charge is -2.29. The van der Waals surface area contributed by atoms with Gasteiger partial charge in [0.25, 0.3) is 0 Å². The summed E-state index contributed by atoms with van der Waals surface area (Å²) in [5.41, 5.74) is 0.790. The van der Waals surface area contributed by atoms with Crippen LogP contribution in [-0.2, 0) is 9.53 Å². The number of ether oxygens (including phenoxy) is 1. The van der Waals surface area contributed by atoms with Crippen LogP contribution in [0.15, 0.2) is 5.38 Å². The number of hydrogen-bond acceptors (Lipinski definition) is 4. The van der Waals surface area contributed by atoms with E-state index in [1.165, 1.54) is 0 Å². The van der Waals surface area contributed by atoms with Gasteiger partial charge in [-0.3, -0.25) is 4.79 Å². The van der Waals surface area contributed by atoms with Crippen LogP contribution >= 0.6 is 11.3 Å². The minimum Gasteiger partial charge on any atom is -0.382 e. The van der Waals surface area contributed by atoms with Gasteiger partial charge in [0, 0.05) is 24.3 Å². The molecule has 0 aromatic carbocycles. The molecule has 0 bridgehead atoms. The summed E-state index contributed by atoms with van der Waals surface area (Å²) in [5.74, 6) is 0.181. The first-order valence-corrected chi connectivity index (χ1v) is 8.76. The molecule has 1 heterocycles. The largest absolute Gasteiger partial charge is 0.382 e. The van der Waals surface area contributed by atoms with Crippen LogP contribution in [0.25, 0.3) is 0 Å². The molecular weight excluding hydrogens is 284 g/mol. The monoisotopic (exact) mass is 310 g/mol. The van der Waals surface area contributed by atoms with Gasteiger partial charge in [0.05, 0.1) is 11.5 Å². The number of amides is 1. The summed E-state index contributed by atoms with van der Waals surface area (Å²) in [7, 11) is 0. The van der Waals surface area contributed by atoms with Gasteiger partial charge in [-0.15, -0.1) is 11.3 Å². The third kappa shape index (κ3) is 4.04. The Balaban J connectivity index is 1.98. The number of thiazole rings is 1. The van der Waals surface area contributed by atoms with Crippen LogP contribution in [0.3, 0.4) is 0 Å². The SMILES string of the molecule is CCOCCC1(C(=O)N[C@@H](C)c2nc(C)cs2)CCCC1. The molecule has 118 valence electrons. The van der Waals surface area contributed by atoms with E-state index in [1.54, 1.807) is 11.3 Å². The van der Waals surface area contributed by atoms with Crippen molar-refractivity contribution in [3.05, 3.63) is 16.1 Å². The summed E-state index contributed by atoms with van der Waals surface area (Å²) in [4.78, 5) is 17.2. The molecule has 1 N–H and O–H groups in total. The van der Waals surface area contributed by atoms with Crippen molar-refractivity contribution < 1.29 is 9.53 Å². The summed E-state index contributed by atoms with van der Waals surface area (Å²) in [6.07, 6.45) is 5.08. The van der Waals surface area contributed by atoms with Crippen LogP contribution in [0, 0.1) is 12.3 Å². The first-order valence-electron chi connectivity index (χ1n) is 7.88. The average molecular weight is 310 g/mol. The molecule has 5 heteroatoms. The summed E-state index contributed by atoms with van der Waals surface area (Å²) in [6, 6.07) is -0.0132. The van der Waals surface area contributed by atoms with Crippen LogP contribution < -0.4 is 5.32 Å². The van der Waals surface area contributed by atoms with Crippen LogP contribution in [-0.4, -0.2) is 24.1 Å². The number of rotatable bonds is 7. The fourth-order valence-corrected chi connectivity index (χ4v) is 3.84. The maximum atomic E-state index is 12.8. The van der Waals surface area contributed by atoms with Crippen molar-refractivity contribution in [2.45, 2.75) is 58.9 Å². The summed E-state index contributed by atoms with van der Waals surface area (Å²) >= 11 is 1.61. The third-order valence-electron chi connectivity index (χ3n) is 4.33. The zero-order chi connectivity index (χ0) is 15.3. The maximum absolute atomic E-state index is 12.8. The van der Waals surface area contributed by atoms with E-state index in [0.717, 1.165) is 42.8 Å². The molecule has 4 nitrogen and oxygen atoms in total. The van der Waals surface area contributed by atoms with Crippen molar-refractivity contribution in [2.75, 3.05) is 13.2 Å². The fourth-order valence-electron chi connectivity index (χ4n) is 3.04. The molecule has 0 unspecified atom stereocenters. The molecule has 1 aromatic rings. The number of hydrogen-bond donors (Lipinski definition) is 1. The molecule has 1 fully saturated rings. The van der Waals surface area contributed by atoms with E-state index < -0.39 is 0 Å². The molecular formula is C16H26N2O2S. The molecule has 1 amide bonds. The Labute approximate surface area is 131 Å². The van der Waals surface area contributed by atoms with E-state index in [1.807, 2.05) is 26.2 Å². The minimum absolute atomic E-state index is 0.0132. The second-order valence-electron chi connectivity index (χ2n) is 5.96. The van der Waals surface area contributed by atoms with Crippen molar-refractivity contribution in [1.82, 2.24) is 10.3 Å². The number of carbonyl (C=O) groups is 1. The van der Waals surface area contributed by atoms with Gasteiger partial charge in [-0.2, -0.15) is 0 Å². The highest BCUT2D eigenvalue weighted by Gasteiger charge is 2.41. The minimum atomic E-state index is -0.226. The van der Waals surface area contributed by atoms with Crippen molar-refractivity contribution in [3.63, 3.8) is 0 Å². The van der Waals surface area contributed by atoms with E-state index in [2.05, 4.69) is 10.3 Å². The number of nitrogens with zero attached hydrogens (tertiary/aromatic N) is 1. The Morgan fingerprint density at radius 1 is 1.52 bits per heavy atom. The smallest absolute Gasteiger partial charge is 0.226 e. The normalized spacial score (nSPS) is 18.6. The molecule has 1 aliphatic rings. The predicted molar refractivity (Wildman–Crippen MR) is 85.4 cm³/mol. The van der Waals surface area contributed by atoms with Crippen LogP contribution in [0.5, 0.6) is 0 Å². The lowest BCUT2D eigenvalue weighted by atomic mass is 9.81. The van der Waals surface area contributed by atoms with Crippen molar-refractivity contribution in [1.29, 1.82) is 0 Å². The van der Waals surface area contributed by atoms with Gasteiger partial charge in [0.15, 0.2) is 0 Å². The Hall–Kier alpha value is -0.940. The Morgan fingerprint density at radius 2 is 2.24 bits per heavy atom. The quantitative estimate of drug-likeness (QED) is 0.783. The average Bonchev–Trinajstić information content (AvgIpc) is 3.09. The fraction of sp³-hybridized carbons (Fsp3) is 0.750. The topological polar surface area (TPSA) is 51.2 Å². The number of nitrogens with one attached hydrogen (secondary N) is 1. The molecule has 0 aliphatic heterocycles. The lowest BCUT2D eigenvalue weighted by molar-refractivity contribution is -0.132. The van der Waals surface area contributed by atoms with Crippen LogP contribution in [0.1, 0.15) is 62.7 Å². The van der Waals surface area contributed by atoms with Gasteiger partial charge >= 0.3 is 0 Å². The van der Waals surface area contributed by atoms with E-state index in [0.29, 0.717) is 13.2 Å². The Kier molecular flexibility index (Phi) is 5.76.